The van der Waals surface area contributed by atoms with Crippen LogP contribution in [0.1, 0.15) is 33.4 Å². The number of nitrogens with zero attached hydrogens (tertiary/aromatic N) is 2. The maximum atomic E-state index is 11.9. The predicted octanol–water partition coefficient (Wildman–Crippen LogP) is 1.56. The molecule has 0 aliphatic heterocycles. The molecule has 2 N–H and O–H groups in total. The first kappa shape index (κ1) is 16.9. The fourth-order valence-electron chi connectivity index (χ4n) is 2.00. The van der Waals surface area contributed by atoms with Crippen molar-refractivity contribution in [3.05, 3.63) is 39.9 Å². The number of benzene rings is 1. The van der Waals surface area contributed by atoms with Crippen LogP contribution in [0.3, 0.4) is 0 Å². The standard InChI is InChI=1S/C15H18N4O3S/c1-4-12-14(23-19-16-12)15(21)18-17-13(20)8-22-11-6-9(2)5-10(3)7-11/h5-7H,4,8H2,1-3H3,(H,17,20)(H,18,21). The molecule has 0 aliphatic rings. The van der Waals surface area contributed by atoms with Crippen LogP contribution < -0.4 is 15.6 Å². The molecule has 0 radical (unpaired) electrons. The van der Waals surface area contributed by atoms with Crippen molar-refractivity contribution < 1.29 is 14.3 Å². The molecule has 0 saturated carbocycles. The molecule has 0 aliphatic carbocycles. The molecule has 0 bridgehead atoms. The molecule has 1 aromatic carbocycles. The summed E-state index contributed by atoms with van der Waals surface area (Å²) in [6, 6.07) is 5.70. The van der Waals surface area contributed by atoms with Crippen molar-refractivity contribution in [1.82, 2.24) is 20.4 Å². The van der Waals surface area contributed by atoms with E-state index in [1.54, 1.807) is 0 Å². The molecular weight excluding hydrogens is 316 g/mol. The predicted molar refractivity (Wildman–Crippen MR) is 86.3 cm³/mol. The molecule has 0 spiro atoms. The Labute approximate surface area is 138 Å². The van der Waals surface area contributed by atoms with Crippen LogP contribution in [0.5, 0.6) is 5.75 Å². The number of amides is 2. The SMILES string of the molecule is CCc1nnsc1C(=O)NNC(=O)COc1cc(C)cc(C)c1. The molecule has 7 nitrogen and oxygen atoms in total. The van der Waals surface area contributed by atoms with E-state index in [1.807, 2.05) is 39.0 Å². The van der Waals surface area contributed by atoms with E-state index in [4.69, 9.17) is 4.74 Å². The Morgan fingerprint density at radius 3 is 2.52 bits per heavy atom. The van der Waals surface area contributed by atoms with Crippen molar-refractivity contribution in [3.8, 4) is 5.75 Å². The van der Waals surface area contributed by atoms with E-state index in [1.165, 1.54) is 0 Å². The van der Waals surface area contributed by atoms with E-state index >= 15 is 0 Å². The summed E-state index contributed by atoms with van der Waals surface area (Å²) in [6.07, 6.45) is 0.600. The van der Waals surface area contributed by atoms with Crippen LogP contribution in [0.4, 0.5) is 0 Å². The van der Waals surface area contributed by atoms with Gasteiger partial charge in [-0.1, -0.05) is 17.5 Å². The maximum Gasteiger partial charge on any atom is 0.283 e. The first-order chi connectivity index (χ1) is 11.0. The zero-order valence-electron chi connectivity index (χ0n) is 13.2. The molecule has 8 heteroatoms. The highest BCUT2D eigenvalue weighted by atomic mass is 32.1. The summed E-state index contributed by atoms with van der Waals surface area (Å²) in [7, 11) is 0. The summed E-state index contributed by atoms with van der Waals surface area (Å²) in [5.74, 6) is -0.270. The van der Waals surface area contributed by atoms with E-state index in [9.17, 15) is 9.59 Å². The second-order valence-electron chi connectivity index (χ2n) is 5.02. The summed E-state index contributed by atoms with van der Waals surface area (Å²) < 4.78 is 9.14. The Balaban J connectivity index is 1.82. The van der Waals surface area contributed by atoms with Gasteiger partial charge in [-0.2, -0.15) is 0 Å². The summed E-state index contributed by atoms with van der Waals surface area (Å²) in [5, 5.41) is 3.85. The topological polar surface area (TPSA) is 93.2 Å². The number of aryl methyl sites for hydroxylation is 3. The number of hydrazine groups is 1. The van der Waals surface area contributed by atoms with Gasteiger partial charge in [-0.15, -0.1) is 5.10 Å². The number of ether oxygens (including phenoxy) is 1. The van der Waals surface area contributed by atoms with Gasteiger partial charge in [0, 0.05) is 0 Å². The third-order valence-corrected chi connectivity index (χ3v) is 3.74. The quantitative estimate of drug-likeness (QED) is 0.809. The van der Waals surface area contributed by atoms with E-state index in [0.717, 1.165) is 22.7 Å². The molecule has 2 aromatic rings. The van der Waals surface area contributed by atoms with Crippen LogP contribution in [0.25, 0.3) is 0 Å². The molecule has 1 aromatic heterocycles. The molecule has 0 unspecified atom stereocenters. The molecule has 1 heterocycles. The largest absolute Gasteiger partial charge is 0.484 e. The minimum atomic E-state index is -0.451. The third-order valence-electron chi connectivity index (χ3n) is 2.98. The third kappa shape index (κ3) is 4.75. The average molecular weight is 334 g/mol. The van der Waals surface area contributed by atoms with Crippen LogP contribution in [0.2, 0.25) is 0 Å². The van der Waals surface area contributed by atoms with Crippen molar-refractivity contribution >= 4 is 23.3 Å². The van der Waals surface area contributed by atoms with Crippen LogP contribution in [-0.4, -0.2) is 28.0 Å². The maximum absolute atomic E-state index is 11.9. The zero-order chi connectivity index (χ0) is 16.8. The van der Waals surface area contributed by atoms with Crippen molar-refractivity contribution in [2.24, 2.45) is 0 Å². The Kier molecular flexibility index (Phi) is 5.64. The summed E-state index contributed by atoms with van der Waals surface area (Å²) in [6.45, 7) is 5.59. The van der Waals surface area contributed by atoms with Gasteiger partial charge in [0.1, 0.15) is 10.6 Å². The zero-order valence-corrected chi connectivity index (χ0v) is 14.0. The number of aromatic nitrogens is 2. The van der Waals surface area contributed by atoms with E-state index in [0.29, 0.717) is 22.7 Å². The van der Waals surface area contributed by atoms with Gasteiger partial charge in [0.25, 0.3) is 11.8 Å². The number of nitrogens with one attached hydrogen (secondary N) is 2. The first-order valence-electron chi connectivity index (χ1n) is 7.11. The average Bonchev–Trinajstić information content (AvgIpc) is 2.98. The lowest BCUT2D eigenvalue weighted by Crippen LogP contribution is -2.43. The van der Waals surface area contributed by atoms with Gasteiger partial charge in [0.2, 0.25) is 0 Å². The van der Waals surface area contributed by atoms with Crippen molar-refractivity contribution in [1.29, 1.82) is 0 Å². The Morgan fingerprint density at radius 1 is 1.17 bits per heavy atom. The number of carbonyl (C=O) groups excluding carboxylic acids is 2. The Morgan fingerprint density at radius 2 is 1.87 bits per heavy atom. The van der Waals surface area contributed by atoms with Gasteiger partial charge in [0.05, 0.1) is 5.69 Å². The van der Waals surface area contributed by atoms with Crippen molar-refractivity contribution in [3.63, 3.8) is 0 Å². The fraction of sp³-hybridized carbons (Fsp3) is 0.333. The molecule has 0 fully saturated rings. The molecular formula is C15H18N4O3S. The molecule has 0 saturated heterocycles. The smallest absolute Gasteiger partial charge is 0.283 e. The summed E-state index contributed by atoms with van der Waals surface area (Å²) >= 11 is 0.992. The first-order valence-corrected chi connectivity index (χ1v) is 7.88. The van der Waals surface area contributed by atoms with E-state index in [-0.39, 0.29) is 6.61 Å². The van der Waals surface area contributed by atoms with Gasteiger partial charge in [0.15, 0.2) is 6.61 Å². The van der Waals surface area contributed by atoms with Gasteiger partial charge >= 0.3 is 0 Å². The lowest BCUT2D eigenvalue weighted by molar-refractivity contribution is -0.123. The van der Waals surface area contributed by atoms with Gasteiger partial charge in [-0.05, 0) is 55.1 Å². The second kappa shape index (κ2) is 7.68. The van der Waals surface area contributed by atoms with Crippen LogP contribution in [0, 0.1) is 13.8 Å². The Bertz CT molecular complexity index is 694. The second-order valence-corrected chi connectivity index (χ2v) is 5.77. The van der Waals surface area contributed by atoms with Crippen LogP contribution in [-0.2, 0) is 11.2 Å². The van der Waals surface area contributed by atoms with E-state index in [2.05, 4.69) is 20.4 Å². The van der Waals surface area contributed by atoms with Crippen LogP contribution in [0.15, 0.2) is 18.2 Å². The Hall–Kier alpha value is -2.48. The summed E-state index contributed by atoms with van der Waals surface area (Å²) in [5.41, 5.74) is 7.35. The molecule has 122 valence electrons. The highest BCUT2D eigenvalue weighted by Crippen LogP contribution is 2.16. The number of rotatable bonds is 5. The van der Waals surface area contributed by atoms with Crippen molar-refractivity contribution in [2.75, 3.05) is 6.61 Å². The summed E-state index contributed by atoms with van der Waals surface area (Å²) in [4.78, 5) is 24.0. The minimum absolute atomic E-state index is 0.190. The van der Waals surface area contributed by atoms with E-state index < -0.39 is 11.8 Å². The van der Waals surface area contributed by atoms with Crippen molar-refractivity contribution in [2.45, 2.75) is 27.2 Å². The lowest BCUT2D eigenvalue weighted by atomic mass is 10.1. The lowest BCUT2D eigenvalue weighted by Gasteiger charge is -2.09. The van der Waals surface area contributed by atoms with Crippen LogP contribution >= 0.6 is 11.5 Å². The fourth-order valence-corrected chi connectivity index (χ4v) is 2.64. The van der Waals surface area contributed by atoms with Gasteiger partial charge in [-0.3, -0.25) is 20.4 Å². The molecule has 2 rings (SSSR count). The highest BCUT2D eigenvalue weighted by molar-refractivity contribution is 7.08. The molecule has 0 atom stereocenters. The van der Waals surface area contributed by atoms with Gasteiger partial charge < -0.3 is 4.74 Å². The normalized spacial score (nSPS) is 10.2. The minimum Gasteiger partial charge on any atom is -0.484 e. The number of carbonyl (C=O) groups is 2. The highest BCUT2D eigenvalue weighted by Gasteiger charge is 2.15. The monoisotopic (exact) mass is 334 g/mol. The molecule has 23 heavy (non-hydrogen) atoms. The molecule has 2 amide bonds. The van der Waals surface area contributed by atoms with Gasteiger partial charge in [-0.25, -0.2) is 0 Å². The number of hydrogen-bond acceptors (Lipinski definition) is 6. The number of hydrogen-bond donors (Lipinski definition) is 2.